The second-order valence-electron chi connectivity index (χ2n) is 7.41. The number of rotatable bonds is 4. The van der Waals surface area contributed by atoms with E-state index in [1.165, 1.54) is 4.90 Å². The summed E-state index contributed by atoms with van der Waals surface area (Å²) in [5.74, 6) is 0.0845. The number of amides is 4. The van der Waals surface area contributed by atoms with Gasteiger partial charge in [0.2, 0.25) is 0 Å². The smallest absolute Gasteiger partial charge is 0.323 e. The van der Waals surface area contributed by atoms with E-state index in [9.17, 15) is 14.4 Å². The Morgan fingerprint density at radius 2 is 1.65 bits per heavy atom. The van der Waals surface area contributed by atoms with Gasteiger partial charge in [-0.1, -0.05) is 36.4 Å². The van der Waals surface area contributed by atoms with E-state index in [2.05, 4.69) is 10.6 Å². The van der Waals surface area contributed by atoms with E-state index in [-0.39, 0.29) is 18.4 Å². The van der Waals surface area contributed by atoms with Gasteiger partial charge in [0.15, 0.2) is 0 Å². The zero-order valence-corrected chi connectivity index (χ0v) is 16.6. The van der Waals surface area contributed by atoms with Crippen molar-refractivity contribution in [1.29, 1.82) is 0 Å². The van der Waals surface area contributed by atoms with E-state index in [4.69, 9.17) is 4.74 Å². The molecule has 3 aromatic rings. The average Bonchev–Trinajstić information content (AvgIpc) is 3.34. The molecule has 5 rings (SSSR count). The number of fused-ring (bicyclic) bond motifs is 2. The maximum Gasteiger partial charge on any atom is 0.323 e. The summed E-state index contributed by atoms with van der Waals surface area (Å²) in [6.45, 7) is 0.735. The van der Waals surface area contributed by atoms with E-state index in [0.29, 0.717) is 34.9 Å². The molecule has 0 atom stereocenters. The minimum absolute atomic E-state index is 0.128. The van der Waals surface area contributed by atoms with Gasteiger partial charge in [0.1, 0.15) is 5.75 Å². The standard InChI is InChI=1S/C24H19N3O4/c28-22-18-8-1-2-9-19(18)23(29)27(22)14-15-5-3-7-17(13-15)25-24(30)26-20-10-4-6-16-11-12-31-21(16)20/h1-10,13H,11-12,14H2,(H2,25,26,30). The summed E-state index contributed by atoms with van der Waals surface area (Å²) < 4.78 is 5.61. The van der Waals surface area contributed by atoms with Crippen LogP contribution in [-0.2, 0) is 13.0 Å². The number of imide groups is 1. The van der Waals surface area contributed by atoms with Crippen LogP contribution in [-0.4, -0.2) is 29.4 Å². The van der Waals surface area contributed by atoms with Crippen LogP contribution in [0.1, 0.15) is 31.8 Å². The predicted molar refractivity (Wildman–Crippen MR) is 115 cm³/mol. The number of benzene rings is 3. The third kappa shape index (κ3) is 3.50. The largest absolute Gasteiger partial charge is 0.491 e. The highest BCUT2D eigenvalue weighted by atomic mass is 16.5. The molecule has 0 unspecified atom stereocenters. The lowest BCUT2D eigenvalue weighted by atomic mass is 10.1. The molecule has 2 heterocycles. The first-order valence-corrected chi connectivity index (χ1v) is 9.97. The molecule has 0 aliphatic carbocycles. The molecule has 3 aromatic carbocycles. The van der Waals surface area contributed by atoms with Crippen molar-refractivity contribution in [3.05, 3.63) is 89.0 Å². The summed E-state index contributed by atoms with van der Waals surface area (Å²) in [4.78, 5) is 38.9. The first-order valence-electron chi connectivity index (χ1n) is 9.97. The highest BCUT2D eigenvalue weighted by Gasteiger charge is 2.34. The Hall–Kier alpha value is -4.13. The van der Waals surface area contributed by atoms with E-state index in [0.717, 1.165) is 17.5 Å². The maximum absolute atomic E-state index is 12.6. The van der Waals surface area contributed by atoms with Gasteiger partial charge in [0.25, 0.3) is 11.8 Å². The molecule has 154 valence electrons. The van der Waals surface area contributed by atoms with Crippen molar-refractivity contribution < 1.29 is 19.1 Å². The monoisotopic (exact) mass is 413 g/mol. The maximum atomic E-state index is 12.6. The number of carbonyl (C=O) groups is 3. The summed E-state index contributed by atoms with van der Waals surface area (Å²) in [6, 6.07) is 19.1. The predicted octanol–water partition coefficient (Wildman–Crippen LogP) is 4.06. The number of para-hydroxylation sites is 1. The molecule has 0 saturated carbocycles. The Labute approximate surface area is 178 Å². The number of ether oxygens (including phenoxy) is 1. The van der Waals surface area contributed by atoms with Gasteiger partial charge in [-0.3, -0.25) is 14.5 Å². The number of anilines is 2. The average molecular weight is 413 g/mol. The van der Waals surface area contributed by atoms with E-state index < -0.39 is 6.03 Å². The van der Waals surface area contributed by atoms with Gasteiger partial charge in [-0.2, -0.15) is 0 Å². The number of hydrogen-bond acceptors (Lipinski definition) is 4. The molecule has 0 radical (unpaired) electrons. The van der Waals surface area contributed by atoms with Gasteiger partial charge in [0, 0.05) is 12.1 Å². The minimum Gasteiger partial charge on any atom is -0.491 e. The Morgan fingerprint density at radius 3 is 2.42 bits per heavy atom. The zero-order valence-electron chi connectivity index (χ0n) is 16.6. The lowest BCUT2D eigenvalue weighted by molar-refractivity contribution is 0.0642. The van der Waals surface area contributed by atoms with Gasteiger partial charge >= 0.3 is 6.03 Å². The van der Waals surface area contributed by atoms with Gasteiger partial charge in [-0.05, 0) is 41.5 Å². The number of urea groups is 1. The van der Waals surface area contributed by atoms with Crippen LogP contribution >= 0.6 is 0 Å². The molecule has 0 spiro atoms. The molecule has 4 amide bonds. The van der Waals surface area contributed by atoms with Crippen LogP contribution in [0.4, 0.5) is 16.2 Å². The molecule has 2 aliphatic rings. The quantitative estimate of drug-likeness (QED) is 0.632. The summed E-state index contributed by atoms with van der Waals surface area (Å²) in [5.41, 5.74) is 3.81. The third-order valence-electron chi connectivity index (χ3n) is 5.37. The second kappa shape index (κ2) is 7.60. The van der Waals surface area contributed by atoms with E-state index in [1.54, 1.807) is 48.5 Å². The number of hydrogen-bond donors (Lipinski definition) is 2. The van der Waals surface area contributed by atoms with Gasteiger partial charge < -0.3 is 15.4 Å². The summed E-state index contributed by atoms with van der Waals surface area (Å²) in [6.07, 6.45) is 0.826. The third-order valence-corrected chi connectivity index (χ3v) is 5.37. The molecule has 0 saturated heterocycles. The van der Waals surface area contributed by atoms with Gasteiger partial charge in [0.05, 0.1) is 30.0 Å². The molecule has 7 nitrogen and oxygen atoms in total. The van der Waals surface area contributed by atoms with Crippen LogP contribution in [0.3, 0.4) is 0 Å². The number of carbonyl (C=O) groups excluding carboxylic acids is 3. The van der Waals surface area contributed by atoms with Crippen molar-refractivity contribution in [3.63, 3.8) is 0 Å². The Kier molecular flexibility index (Phi) is 4.63. The van der Waals surface area contributed by atoms with Crippen molar-refractivity contribution in [3.8, 4) is 5.75 Å². The van der Waals surface area contributed by atoms with Crippen molar-refractivity contribution in [2.24, 2.45) is 0 Å². The summed E-state index contributed by atoms with van der Waals surface area (Å²) in [7, 11) is 0. The summed E-state index contributed by atoms with van der Waals surface area (Å²) >= 11 is 0. The molecule has 2 N–H and O–H groups in total. The molecular formula is C24H19N3O4. The van der Waals surface area contributed by atoms with Crippen LogP contribution < -0.4 is 15.4 Å². The first-order chi connectivity index (χ1) is 15.1. The van der Waals surface area contributed by atoms with Crippen molar-refractivity contribution >= 4 is 29.2 Å². The lowest BCUT2D eigenvalue weighted by Crippen LogP contribution is -2.29. The molecule has 2 aliphatic heterocycles. The number of nitrogens with one attached hydrogen (secondary N) is 2. The Bertz CT molecular complexity index is 1190. The molecule has 0 aromatic heterocycles. The molecule has 7 heteroatoms. The highest BCUT2D eigenvalue weighted by Crippen LogP contribution is 2.33. The first kappa shape index (κ1) is 18.9. The SMILES string of the molecule is O=C(Nc1cccc(CN2C(=O)c3ccccc3C2=O)c1)Nc1cccc2c1OCC2. The van der Waals surface area contributed by atoms with E-state index >= 15 is 0 Å². The number of nitrogens with zero attached hydrogens (tertiary/aromatic N) is 1. The topological polar surface area (TPSA) is 87.7 Å². The lowest BCUT2D eigenvalue weighted by Gasteiger charge is -2.15. The van der Waals surface area contributed by atoms with Crippen LogP contribution in [0.15, 0.2) is 66.7 Å². The van der Waals surface area contributed by atoms with Crippen molar-refractivity contribution in [2.45, 2.75) is 13.0 Å². The van der Waals surface area contributed by atoms with Crippen LogP contribution in [0.25, 0.3) is 0 Å². The molecular weight excluding hydrogens is 394 g/mol. The normalized spacial score (nSPS) is 14.1. The fourth-order valence-electron chi connectivity index (χ4n) is 3.91. The summed E-state index contributed by atoms with van der Waals surface area (Å²) in [5, 5.41) is 5.61. The highest BCUT2D eigenvalue weighted by molar-refractivity contribution is 6.21. The van der Waals surface area contributed by atoms with Crippen molar-refractivity contribution in [1.82, 2.24) is 4.90 Å². The Morgan fingerprint density at radius 1 is 0.903 bits per heavy atom. The Balaban J connectivity index is 1.28. The zero-order chi connectivity index (χ0) is 21.4. The van der Waals surface area contributed by atoms with Crippen molar-refractivity contribution in [2.75, 3.05) is 17.2 Å². The molecule has 31 heavy (non-hydrogen) atoms. The molecule has 0 bridgehead atoms. The van der Waals surface area contributed by atoms with Crippen LogP contribution in [0.5, 0.6) is 5.75 Å². The fourth-order valence-corrected chi connectivity index (χ4v) is 3.91. The van der Waals surface area contributed by atoms with Gasteiger partial charge in [-0.15, -0.1) is 0 Å². The van der Waals surface area contributed by atoms with Crippen LogP contribution in [0, 0.1) is 0 Å². The van der Waals surface area contributed by atoms with Gasteiger partial charge in [-0.25, -0.2) is 4.79 Å². The fraction of sp³-hybridized carbons (Fsp3) is 0.125. The minimum atomic E-state index is -0.401. The second-order valence-corrected chi connectivity index (χ2v) is 7.41. The van der Waals surface area contributed by atoms with Crippen LogP contribution in [0.2, 0.25) is 0 Å². The molecule has 0 fully saturated rings. The van der Waals surface area contributed by atoms with E-state index in [1.807, 2.05) is 18.2 Å².